The van der Waals surface area contributed by atoms with Crippen LogP contribution in [0.15, 0.2) is 48.5 Å². The van der Waals surface area contributed by atoms with Gasteiger partial charge in [0.05, 0.1) is 33.4 Å². The van der Waals surface area contributed by atoms with E-state index < -0.39 is 10.8 Å². The van der Waals surface area contributed by atoms with Crippen LogP contribution < -0.4 is 24.3 Å². The van der Waals surface area contributed by atoms with Gasteiger partial charge in [-0.2, -0.15) is 0 Å². The number of methoxy groups -OCH3 is 4. The van der Waals surface area contributed by atoms with E-state index >= 15 is 0 Å². The van der Waals surface area contributed by atoms with E-state index in [0.29, 0.717) is 50.9 Å². The maximum Gasteiger partial charge on any atom is 0.270 e. The van der Waals surface area contributed by atoms with Crippen LogP contribution in [0.4, 0.5) is 11.4 Å². The number of nitrogens with one attached hydrogen (secondary N) is 1. The number of ether oxygens (including phenoxy) is 4. The van der Waals surface area contributed by atoms with Crippen LogP contribution in [0.3, 0.4) is 0 Å². The zero-order valence-corrected chi connectivity index (χ0v) is 19.9. The summed E-state index contributed by atoms with van der Waals surface area (Å²) in [6, 6.07) is 12.0. The Morgan fingerprint density at radius 3 is 2.11 bits per heavy atom. The molecule has 10 heteroatoms. The Morgan fingerprint density at radius 1 is 0.861 bits per heavy atom. The summed E-state index contributed by atoms with van der Waals surface area (Å²) < 4.78 is 21.4. The number of nitro groups is 1. The third kappa shape index (κ3) is 4.31. The van der Waals surface area contributed by atoms with Gasteiger partial charge in [-0.1, -0.05) is 0 Å². The number of rotatable bonds is 8. The molecule has 0 aliphatic carbocycles. The molecule has 1 aliphatic heterocycles. The van der Waals surface area contributed by atoms with Crippen molar-refractivity contribution >= 4 is 34.7 Å². The van der Waals surface area contributed by atoms with Crippen molar-refractivity contribution in [3.8, 4) is 23.0 Å². The van der Waals surface area contributed by atoms with E-state index in [4.69, 9.17) is 18.9 Å². The molecule has 1 amide bonds. The molecule has 0 saturated heterocycles. The highest BCUT2D eigenvalue weighted by atomic mass is 16.6. The number of carbonyl (C=O) groups excluding carboxylic acids is 2. The highest BCUT2D eigenvalue weighted by molar-refractivity contribution is 6.35. The van der Waals surface area contributed by atoms with Gasteiger partial charge in [0.15, 0.2) is 17.3 Å². The molecule has 0 atom stereocenters. The van der Waals surface area contributed by atoms with Crippen LogP contribution in [0.1, 0.15) is 27.0 Å². The van der Waals surface area contributed by atoms with Crippen molar-refractivity contribution in [1.82, 2.24) is 0 Å². The fourth-order valence-corrected chi connectivity index (χ4v) is 3.96. The number of carbonyl (C=O) groups is 2. The first-order valence-electron chi connectivity index (χ1n) is 10.7. The summed E-state index contributed by atoms with van der Waals surface area (Å²) >= 11 is 0. The third-order valence-corrected chi connectivity index (χ3v) is 5.72. The zero-order valence-electron chi connectivity index (χ0n) is 19.9. The van der Waals surface area contributed by atoms with Crippen LogP contribution >= 0.6 is 0 Å². The molecule has 0 spiro atoms. The molecular weight excluding hydrogens is 468 g/mol. The molecule has 3 aromatic carbocycles. The molecule has 0 unspecified atom stereocenters. The third-order valence-electron chi connectivity index (χ3n) is 5.72. The summed E-state index contributed by atoms with van der Waals surface area (Å²) in [5.41, 5.74) is 1.97. The highest BCUT2D eigenvalue weighted by Gasteiger charge is 2.27. The summed E-state index contributed by atoms with van der Waals surface area (Å²) in [4.78, 5) is 36.7. The number of nitro benzene ring substituents is 1. The van der Waals surface area contributed by atoms with Crippen molar-refractivity contribution in [1.29, 1.82) is 0 Å². The minimum atomic E-state index is -0.530. The van der Waals surface area contributed by atoms with Gasteiger partial charge in [0, 0.05) is 45.6 Å². The monoisotopic (exact) mass is 490 g/mol. The maximum absolute atomic E-state index is 13.4. The van der Waals surface area contributed by atoms with Gasteiger partial charge < -0.3 is 24.3 Å². The number of non-ortho nitro benzene ring substituents is 1. The largest absolute Gasteiger partial charge is 0.496 e. The van der Waals surface area contributed by atoms with E-state index in [2.05, 4.69) is 5.32 Å². The fourth-order valence-electron chi connectivity index (χ4n) is 3.96. The first kappa shape index (κ1) is 24.3. The normalized spacial score (nSPS) is 13.1. The maximum atomic E-state index is 13.4. The van der Waals surface area contributed by atoms with Gasteiger partial charge in [-0.05, 0) is 42.5 Å². The number of hydrogen-bond acceptors (Lipinski definition) is 8. The van der Waals surface area contributed by atoms with E-state index in [0.717, 1.165) is 0 Å². The molecule has 0 aromatic heterocycles. The molecule has 1 heterocycles. The fraction of sp³-hybridized carbons (Fsp3) is 0.154. The highest BCUT2D eigenvalue weighted by Crippen LogP contribution is 2.40. The molecule has 4 rings (SSSR count). The quantitative estimate of drug-likeness (QED) is 0.214. The number of nitrogens with zero attached hydrogens (tertiary/aromatic N) is 1. The van der Waals surface area contributed by atoms with E-state index in [1.54, 1.807) is 30.3 Å². The summed E-state index contributed by atoms with van der Waals surface area (Å²) in [5, 5.41) is 13.9. The van der Waals surface area contributed by atoms with Crippen LogP contribution in [0, 0.1) is 10.1 Å². The first-order chi connectivity index (χ1) is 17.3. The topological polar surface area (TPSA) is 126 Å². The second kappa shape index (κ2) is 9.79. The summed E-state index contributed by atoms with van der Waals surface area (Å²) in [6.45, 7) is 0. The summed E-state index contributed by atoms with van der Waals surface area (Å²) in [7, 11) is 5.85. The van der Waals surface area contributed by atoms with E-state index in [9.17, 15) is 19.7 Å². The Balaban J connectivity index is 1.80. The van der Waals surface area contributed by atoms with Gasteiger partial charge in [0.25, 0.3) is 11.6 Å². The minimum absolute atomic E-state index is 0.144. The second-order valence-corrected chi connectivity index (χ2v) is 7.70. The van der Waals surface area contributed by atoms with Gasteiger partial charge in [-0.15, -0.1) is 0 Å². The van der Waals surface area contributed by atoms with Crippen molar-refractivity contribution in [2.75, 3.05) is 33.8 Å². The lowest BCUT2D eigenvalue weighted by Crippen LogP contribution is -2.06. The standard InChI is InChI=1S/C26H22N2O8/c1-33-21-8-5-14(24(29)16-11-22(34-2)25(36-4)23(12-16)35-3)9-15(21)10-19-18-13-17(28(31)32)6-7-20(18)27-26(19)30/h5-13H,1-4H3,(H,27,30)/b19-10+. The summed E-state index contributed by atoms with van der Waals surface area (Å²) in [5.74, 6) is 0.679. The van der Waals surface area contributed by atoms with Crippen LogP contribution in [0.5, 0.6) is 23.0 Å². The second-order valence-electron chi connectivity index (χ2n) is 7.70. The molecule has 0 saturated carbocycles. The lowest BCUT2D eigenvalue weighted by Gasteiger charge is -2.14. The van der Waals surface area contributed by atoms with Crippen molar-refractivity contribution in [3.63, 3.8) is 0 Å². The molecule has 3 aromatic rings. The van der Waals surface area contributed by atoms with Crippen molar-refractivity contribution < 1.29 is 33.5 Å². The molecule has 0 fully saturated rings. The van der Waals surface area contributed by atoms with Gasteiger partial charge >= 0.3 is 0 Å². The number of ketones is 1. The van der Waals surface area contributed by atoms with Crippen LogP contribution in [-0.4, -0.2) is 45.1 Å². The minimum Gasteiger partial charge on any atom is -0.496 e. The van der Waals surface area contributed by atoms with E-state index in [1.807, 2.05) is 0 Å². The van der Waals surface area contributed by atoms with E-state index in [1.165, 1.54) is 52.7 Å². The molecular formula is C26H22N2O8. The Bertz CT molecular complexity index is 1400. The van der Waals surface area contributed by atoms with Gasteiger partial charge in [-0.3, -0.25) is 19.7 Å². The van der Waals surface area contributed by atoms with Crippen LogP contribution in [0.2, 0.25) is 0 Å². The number of benzene rings is 3. The smallest absolute Gasteiger partial charge is 0.270 e. The van der Waals surface area contributed by atoms with Gasteiger partial charge in [-0.25, -0.2) is 0 Å². The SMILES string of the molecule is COc1ccc(C(=O)c2cc(OC)c(OC)c(OC)c2)cc1/C=C1/C(=O)Nc2ccc([N+](=O)[O-])cc21. The van der Waals surface area contributed by atoms with Crippen molar-refractivity contribution in [3.05, 3.63) is 80.9 Å². The molecule has 1 N–H and O–H groups in total. The number of fused-ring (bicyclic) bond motifs is 1. The zero-order chi connectivity index (χ0) is 26.0. The first-order valence-corrected chi connectivity index (χ1v) is 10.7. The Morgan fingerprint density at radius 2 is 1.53 bits per heavy atom. The van der Waals surface area contributed by atoms with Gasteiger partial charge in [0.2, 0.25) is 5.75 Å². The number of anilines is 1. The Labute approximate surface area is 206 Å². The molecule has 1 aliphatic rings. The Hall–Kier alpha value is -4.86. The van der Waals surface area contributed by atoms with Gasteiger partial charge in [0.1, 0.15) is 5.75 Å². The average molecular weight is 490 g/mol. The van der Waals surface area contributed by atoms with Crippen molar-refractivity contribution in [2.24, 2.45) is 0 Å². The summed E-state index contributed by atoms with van der Waals surface area (Å²) in [6.07, 6.45) is 1.54. The molecule has 0 bridgehead atoms. The number of amides is 1. The van der Waals surface area contributed by atoms with Crippen LogP contribution in [-0.2, 0) is 4.79 Å². The molecule has 10 nitrogen and oxygen atoms in total. The van der Waals surface area contributed by atoms with E-state index in [-0.39, 0.29) is 17.0 Å². The predicted octanol–water partition coefficient (Wildman–Crippen LogP) is 4.35. The average Bonchev–Trinajstić information content (AvgIpc) is 3.21. The Kier molecular flexibility index (Phi) is 6.60. The molecule has 36 heavy (non-hydrogen) atoms. The predicted molar refractivity (Wildman–Crippen MR) is 132 cm³/mol. The molecule has 0 radical (unpaired) electrons. The molecule has 184 valence electrons. The lowest BCUT2D eigenvalue weighted by atomic mass is 9.97. The lowest BCUT2D eigenvalue weighted by molar-refractivity contribution is -0.384. The number of hydrogen-bond donors (Lipinski definition) is 1. The van der Waals surface area contributed by atoms with Crippen LogP contribution in [0.25, 0.3) is 11.6 Å². The van der Waals surface area contributed by atoms with Crippen molar-refractivity contribution in [2.45, 2.75) is 0 Å².